The lowest BCUT2D eigenvalue weighted by Crippen LogP contribution is -2.47. The van der Waals surface area contributed by atoms with Gasteiger partial charge in [0, 0.05) is 12.8 Å². The molecule has 1 amide bonds. The molecule has 0 aliphatic rings. The van der Waals surface area contributed by atoms with E-state index in [0.29, 0.717) is 23.9 Å². The first-order valence-electron chi connectivity index (χ1n) is 27.8. The zero-order valence-corrected chi connectivity index (χ0v) is 45.1. The SMILES string of the molecule is CCCCC/C=C/C=C/CCCCCCCCC(=O)NC(COP(=O)(O)OCC[N+](C)(C)C)C(/C=C/CCCCCCCCCCCC)OC(=O)CCCCCCCCCCCCCCC. The molecule has 0 rings (SSSR count). The van der Waals surface area contributed by atoms with Crippen LogP contribution in [0.1, 0.15) is 258 Å². The van der Waals surface area contributed by atoms with Gasteiger partial charge in [-0.05, 0) is 57.4 Å². The van der Waals surface area contributed by atoms with E-state index in [9.17, 15) is 19.0 Å². The van der Waals surface area contributed by atoms with Crippen LogP contribution in [0.15, 0.2) is 36.5 Å². The Morgan fingerprint density at radius 3 is 1.36 bits per heavy atom. The van der Waals surface area contributed by atoms with Gasteiger partial charge in [0.25, 0.3) is 0 Å². The Bertz CT molecular complexity index is 1230. The molecule has 0 aromatic heterocycles. The standard InChI is InChI=1S/C56H107N2O7P/c1-7-10-13-16-19-22-25-28-29-31-33-36-39-42-45-48-55(59)57-53(52-64-66(61,62)63-51-50-58(4,5)6)54(47-44-41-38-35-32-27-24-21-18-15-12-9-3)65-56(60)49-46-43-40-37-34-30-26-23-20-17-14-11-8-2/h19,22,25,28,44,47,53-54H,7-18,20-21,23-24,26-27,29-43,45-46,48-52H2,1-6H3,(H-,57,59,61,62)/p+1/b22-19+,28-25+,47-44+. The molecule has 0 fully saturated rings. The zero-order chi connectivity index (χ0) is 48.7. The minimum Gasteiger partial charge on any atom is -0.456 e. The fraction of sp³-hybridized carbons (Fsp3) is 0.857. The highest BCUT2D eigenvalue weighted by Crippen LogP contribution is 2.43. The summed E-state index contributed by atoms with van der Waals surface area (Å²) in [6.45, 7) is 6.98. The fourth-order valence-corrected chi connectivity index (χ4v) is 8.73. The van der Waals surface area contributed by atoms with Crippen molar-refractivity contribution in [3.8, 4) is 0 Å². The molecule has 0 bridgehead atoms. The first-order valence-corrected chi connectivity index (χ1v) is 29.3. The van der Waals surface area contributed by atoms with Crippen molar-refractivity contribution in [1.29, 1.82) is 0 Å². The smallest absolute Gasteiger partial charge is 0.456 e. The maximum absolute atomic E-state index is 13.5. The van der Waals surface area contributed by atoms with E-state index >= 15 is 0 Å². The largest absolute Gasteiger partial charge is 0.472 e. The van der Waals surface area contributed by atoms with Gasteiger partial charge in [0.15, 0.2) is 0 Å². The number of nitrogens with zero attached hydrogens (tertiary/aromatic N) is 1. The number of rotatable bonds is 50. The van der Waals surface area contributed by atoms with Gasteiger partial charge in [0.05, 0.1) is 33.8 Å². The monoisotopic (exact) mass is 952 g/mol. The summed E-state index contributed by atoms with van der Waals surface area (Å²) >= 11 is 0. The number of carbonyl (C=O) groups is 2. The van der Waals surface area contributed by atoms with Crippen molar-refractivity contribution in [2.24, 2.45) is 0 Å². The highest BCUT2D eigenvalue weighted by Gasteiger charge is 2.30. The average Bonchev–Trinajstić information content (AvgIpc) is 3.27. The van der Waals surface area contributed by atoms with Gasteiger partial charge in [-0.25, -0.2) is 4.57 Å². The Kier molecular flexibility index (Phi) is 45.7. The second kappa shape index (κ2) is 46.9. The van der Waals surface area contributed by atoms with Crippen molar-refractivity contribution < 1.29 is 37.3 Å². The number of nitrogens with one attached hydrogen (secondary N) is 1. The molecule has 66 heavy (non-hydrogen) atoms. The van der Waals surface area contributed by atoms with Crippen LogP contribution in [0.25, 0.3) is 0 Å². The molecular formula is C56H108N2O7P+. The average molecular weight is 952 g/mol. The predicted octanol–water partition coefficient (Wildman–Crippen LogP) is 16.4. The van der Waals surface area contributed by atoms with Crippen LogP contribution in [0.2, 0.25) is 0 Å². The summed E-state index contributed by atoms with van der Waals surface area (Å²) in [6, 6.07) is -0.848. The lowest BCUT2D eigenvalue weighted by Gasteiger charge is -2.27. The number of carbonyl (C=O) groups excluding carboxylic acids is 2. The van der Waals surface area contributed by atoms with Crippen molar-refractivity contribution in [2.45, 2.75) is 270 Å². The van der Waals surface area contributed by atoms with Gasteiger partial charge in [-0.1, -0.05) is 225 Å². The predicted molar refractivity (Wildman–Crippen MR) is 282 cm³/mol. The van der Waals surface area contributed by atoms with Gasteiger partial charge in [-0.3, -0.25) is 18.6 Å². The number of hydrogen-bond donors (Lipinski definition) is 2. The molecule has 0 radical (unpaired) electrons. The normalized spacial score (nSPS) is 14.1. The Balaban J connectivity index is 5.39. The molecule has 388 valence electrons. The van der Waals surface area contributed by atoms with E-state index in [1.54, 1.807) is 0 Å². The second-order valence-corrected chi connectivity index (χ2v) is 21.6. The summed E-state index contributed by atoms with van der Waals surface area (Å²) in [7, 11) is 1.49. The minimum absolute atomic E-state index is 0.0395. The van der Waals surface area contributed by atoms with Gasteiger partial charge >= 0.3 is 13.8 Å². The first-order chi connectivity index (χ1) is 31.9. The molecule has 0 saturated carbocycles. The summed E-state index contributed by atoms with van der Waals surface area (Å²) in [5.41, 5.74) is 0. The van der Waals surface area contributed by atoms with Crippen LogP contribution in [0, 0.1) is 0 Å². The Morgan fingerprint density at radius 2 is 0.909 bits per heavy atom. The number of esters is 1. The molecule has 3 atom stereocenters. The van der Waals surface area contributed by atoms with Gasteiger partial charge in [0.1, 0.15) is 19.3 Å². The van der Waals surface area contributed by atoms with E-state index in [1.165, 1.54) is 148 Å². The van der Waals surface area contributed by atoms with Crippen molar-refractivity contribution in [1.82, 2.24) is 5.32 Å². The van der Waals surface area contributed by atoms with Crippen LogP contribution in [0.3, 0.4) is 0 Å². The fourth-order valence-electron chi connectivity index (χ4n) is 7.99. The molecule has 0 aromatic rings. The third-order valence-electron chi connectivity index (χ3n) is 12.4. The third kappa shape index (κ3) is 47.3. The summed E-state index contributed by atoms with van der Waals surface area (Å²) < 4.78 is 30.6. The number of ether oxygens (including phenoxy) is 1. The van der Waals surface area contributed by atoms with Crippen LogP contribution in [0.5, 0.6) is 0 Å². The van der Waals surface area contributed by atoms with Crippen LogP contribution >= 0.6 is 7.82 Å². The van der Waals surface area contributed by atoms with Crippen molar-refractivity contribution >= 4 is 19.7 Å². The number of phosphoric acid groups is 1. The van der Waals surface area contributed by atoms with E-state index in [4.69, 9.17) is 13.8 Å². The maximum atomic E-state index is 13.5. The molecular weight excluding hydrogens is 844 g/mol. The molecule has 0 aromatic carbocycles. The van der Waals surface area contributed by atoms with E-state index in [2.05, 4.69) is 50.4 Å². The number of allylic oxidation sites excluding steroid dienone is 5. The lowest BCUT2D eigenvalue weighted by molar-refractivity contribution is -0.870. The molecule has 9 nitrogen and oxygen atoms in total. The zero-order valence-electron chi connectivity index (χ0n) is 44.2. The molecule has 0 aliphatic heterocycles. The summed E-state index contributed by atoms with van der Waals surface area (Å²) in [5, 5.41) is 3.04. The summed E-state index contributed by atoms with van der Waals surface area (Å²) in [6.07, 6.45) is 54.1. The number of likely N-dealkylation sites (N-methyl/N-ethyl adjacent to an activating group) is 1. The Labute approximate surface area is 408 Å². The molecule has 0 spiro atoms. The van der Waals surface area contributed by atoms with E-state index in [1.807, 2.05) is 33.3 Å². The molecule has 2 N–H and O–H groups in total. The van der Waals surface area contributed by atoms with E-state index in [0.717, 1.165) is 77.0 Å². The van der Waals surface area contributed by atoms with Crippen LogP contribution in [-0.2, 0) is 27.9 Å². The molecule has 0 heterocycles. The quantitative estimate of drug-likeness (QED) is 0.0156. The maximum Gasteiger partial charge on any atom is 0.472 e. The number of hydrogen-bond acceptors (Lipinski definition) is 6. The van der Waals surface area contributed by atoms with Crippen molar-refractivity contribution in [3.05, 3.63) is 36.5 Å². The van der Waals surface area contributed by atoms with E-state index < -0.39 is 20.0 Å². The highest BCUT2D eigenvalue weighted by atomic mass is 31.2. The second-order valence-electron chi connectivity index (χ2n) is 20.1. The summed E-state index contributed by atoms with van der Waals surface area (Å²) in [4.78, 5) is 37.5. The van der Waals surface area contributed by atoms with Crippen LogP contribution in [0.4, 0.5) is 0 Å². The number of unbranched alkanes of at least 4 members (excludes halogenated alkanes) is 31. The van der Waals surface area contributed by atoms with Gasteiger partial charge in [-0.15, -0.1) is 0 Å². The number of amides is 1. The summed E-state index contributed by atoms with van der Waals surface area (Å²) in [5.74, 6) is -0.512. The Morgan fingerprint density at radius 1 is 0.530 bits per heavy atom. The van der Waals surface area contributed by atoms with Crippen molar-refractivity contribution in [3.63, 3.8) is 0 Å². The Hall–Kier alpha value is -1.77. The molecule has 0 saturated heterocycles. The molecule has 10 heteroatoms. The topological polar surface area (TPSA) is 111 Å². The minimum atomic E-state index is -4.44. The van der Waals surface area contributed by atoms with Gasteiger partial charge in [0.2, 0.25) is 5.91 Å². The van der Waals surface area contributed by atoms with E-state index in [-0.39, 0.29) is 25.1 Å². The van der Waals surface area contributed by atoms with Crippen LogP contribution in [-0.4, -0.2) is 74.3 Å². The molecule has 0 aliphatic carbocycles. The van der Waals surface area contributed by atoms with Gasteiger partial charge in [-0.2, -0.15) is 0 Å². The lowest BCUT2D eigenvalue weighted by atomic mass is 10.0. The molecule has 3 unspecified atom stereocenters. The van der Waals surface area contributed by atoms with Gasteiger partial charge < -0.3 is 19.4 Å². The third-order valence-corrected chi connectivity index (χ3v) is 13.3. The van der Waals surface area contributed by atoms with Crippen molar-refractivity contribution in [2.75, 3.05) is 40.9 Å². The number of phosphoric ester groups is 1. The number of quaternary nitrogens is 1. The van der Waals surface area contributed by atoms with Crippen LogP contribution < -0.4 is 5.32 Å². The highest BCUT2D eigenvalue weighted by molar-refractivity contribution is 7.47. The first kappa shape index (κ1) is 64.2.